The predicted octanol–water partition coefficient (Wildman–Crippen LogP) is 3.07. The number of amidine groups is 1. The van der Waals surface area contributed by atoms with Gasteiger partial charge in [-0.15, -0.1) is 15.3 Å². The summed E-state index contributed by atoms with van der Waals surface area (Å²) in [4.78, 5) is 0. The number of anilines is 1. The number of nitrogens with zero attached hydrogens (tertiary/aromatic N) is 6. The highest BCUT2D eigenvalue weighted by atomic mass is 15.5. The van der Waals surface area contributed by atoms with Crippen molar-refractivity contribution in [2.75, 3.05) is 5.43 Å². The van der Waals surface area contributed by atoms with Crippen LogP contribution in [0, 0.1) is 6.92 Å². The SMILES string of the molecule is Cc1ccc(NN=C(N=Nc2nn[nH]n2)c2ccccc2)cc1. The van der Waals surface area contributed by atoms with E-state index in [1.54, 1.807) is 0 Å². The molecule has 0 bridgehead atoms. The summed E-state index contributed by atoms with van der Waals surface area (Å²) in [7, 11) is 0. The van der Waals surface area contributed by atoms with Gasteiger partial charge in [0.15, 0.2) is 0 Å². The number of aromatic amines is 1. The van der Waals surface area contributed by atoms with Crippen LogP contribution >= 0.6 is 0 Å². The zero-order chi connectivity index (χ0) is 15.9. The smallest absolute Gasteiger partial charge is 0.276 e. The molecule has 23 heavy (non-hydrogen) atoms. The monoisotopic (exact) mass is 306 g/mol. The minimum absolute atomic E-state index is 0.143. The largest absolute Gasteiger partial charge is 0.307 e. The Bertz CT molecular complexity index is 791. The van der Waals surface area contributed by atoms with Crippen molar-refractivity contribution in [1.29, 1.82) is 0 Å². The number of hydrogen-bond acceptors (Lipinski definition) is 6. The maximum absolute atomic E-state index is 4.31. The van der Waals surface area contributed by atoms with Gasteiger partial charge in [-0.05, 0) is 24.3 Å². The number of tetrazole rings is 1. The Balaban J connectivity index is 1.85. The van der Waals surface area contributed by atoms with E-state index in [0.717, 1.165) is 11.3 Å². The number of hydrogen-bond donors (Lipinski definition) is 2. The van der Waals surface area contributed by atoms with Crippen LogP contribution in [0.4, 0.5) is 11.6 Å². The average Bonchev–Trinajstić information content (AvgIpc) is 3.11. The fourth-order valence-electron chi connectivity index (χ4n) is 1.77. The minimum Gasteiger partial charge on any atom is -0.276 e. The molecule has 3 aromatic rings. The number of aromatic nitrogens is 4. The normalized spacial score (nSPS) is 11.8. The average molecular weight is 306 g/mol. The van der Waals surface area contributed by atoms with Crippen molar-refractivity contribution < 1.29 is 0 Å². The van der Waals surface area contributed by atoms with Crippen LogP contribution < -0.4 is 5.43 Å². The number of rotatable bonds is 4. The Kier molecular flexibility index (Phi) is 4.44. The molecule has 0 fully saturated rings. The van der Waals surface area contributed by atoms with E-state index in [1.807, 2.05) is 61.5 Å². The van der Waals surface area contributed by atoms with E-state index in [-0.39, 0.29) is 5.95 Å². The molecule has 8 nitrogen and oxygen atoms in total. The summed E-state index contributed by atoms with van der Waals surface area (Å²) in [5, 5.41) is 25.5. The molecule has 0 spiro atoms. The third kappa shape index (κ3) is 4.03. The lowest BCUT2D eigenvalue weighted by atomic mass is 10.2. The molecule has 0 aliphatic heterocycles. The fourth-order valence-corrected chi connectivity index (χ4v) is 1.77. The van der Waals surface area contributed by atoms with Gasteiger partial charge in [0.2, 0.25) is 5.84 Å². The van der Waals surface area contributed by atoms with Gasteiger partial charge < -0.3 is 0 Å². The first-order chi connectivity index (χ1) is 11.3. The Morgan fingerprint density at radius 1 is 1.04 bits per heavy atom. The highest BCUT2D eigenvalue weighted by Gasteiger charge is 2.03. The summed E-state index contributed by atoms with van der Waals surface area (Å²) >= 11 is 0. The van der Waals surface area contributed by atoms with Crippen molar-refractivity contribution in [3.8, 4) is 0 Å². The maximum atomic E-state index is 4.31. The summed E-state index contributed by atoms with van der Waals surface area (Å²) in [6.45, 7) is 2.03. The number of azo groups is 1. The van der Waals surface area contributed by atoms with E-state index in [9.17, 15) is 0 Å². The van der Waals surface area contributed by atoms with Gasteiger partial charge in [-0.2, -0.15) is 10.3 Å². The Morgan fingerprint density at radius 3 is 2.52 bits per heavy atom. The van der Waals surface area contributed by atoms with Crippen molar-refractivity contribution >= 4 is 17.5 Å². The first-order valence-corrected chi connectivity index (χ1v) is 6.92. The number of aryl methyl sites for hydroxylation is 1. The first kappa shape index (κ1) is 14.5. The van der Waals surface area contributed by atoms with Crippen LogP contribution in [0.15, 0.2) is 69.9 Å². The van der Waals surface area contributed by atoms with Crippen LogP contribution in [0.1, 0.15) is 11.1 Å². The van der Waals surface area contributed by atoms with Crippen molar-refractivity contribution in [1.82, 2.24) is 20.6 Å². The molecule has 2 N–H and O–H groups in total. The van der Waals surface area contributed by atoms with Crippen LogP contribution in [0.3, 0.4) is 0 Å². The lowest BCUT2D eigenvalue weighted by Gasteiger charge is -2.03. The zero-order valence-corrected chi connectivity index (χ0v) is 12.4. The third-order valence-corrected chi connectivity index (χ3v) is 2.94. The molecular weight excluding hydrogens is 292 g/mol. The summed E-state index contributed by atoms with van der Waals surface area (Å²) in [6.07, 6.45) is 0. The fraction of sp³-hybridized carbons (Fsp3) is 0.0667. The number of benzene rings is 2. The molecular formula is C15H14N8. The summed E-state index contributed by atoms with van der Waals surface area (Å²) in [5.41, 5.74) is 5.83. The van der Waals surface area contributed by atoms with Crippen LogP contribution in [-0.2, 0) is 0 Å². The van der Waals surface area contributed by atoms with Crippen LogP contribution in [-0.4, -0.2) is 26.5 Å². The second-order valence-electron chi connectivity index (χ2n) is 4.69. The van der Waals surface area contributed by atoms with Gasteiger partial charge in [0.25, 0.3) is 0 Å². The Labute approximate surface area is 132 Å². The molecule has 1 heterocycles. The summed E-state index contributed by atoms with van der Waals surface area (Å²) in [5.74, 6) is 0.556. The van der Waals surface area contributed by atoms with Gasteiger partial charge in [-0.1, -0.05) is 53.1 Å². The molecule has 1 aromatic heterocycles. The predicted molar refractivity (Wildman–Crippen MR) is 86.5 cm³/mol. The highest BCUT2D eigenvalue weighted by molar-refractivity contribution is 5.99. The van der Waals surface area contributed by atoms with Gasteiger partial charge >= 0.3 is 5.95 Å². The van der Waals surface area contributed by atoms with Crippen LogP contribution in [0.2, 0.25) is 0 Å². The topological polar surface area (TPSA) is 104 Å². The van der Waals surface area contributed by atoms with Gasteiger partial charge in [0.05, 0.1) is 5.69 Å². The second-order valence-corrected chi connectivity index (χ2v) is 4.69. The molecule has 2 aromatic carbocycles. The molecule has 114 valence electrons. The van der Waals surface area contributed by atoms with E-state index < -0.39 is 0 Å². The van der Waals surface area contributed by atoms with Crippen molar-refractivity contribution in [2.45, 2.75) is 6.92 Å². The third-order valence-electron chi connectivity index (χ3n) is 2.94. The molecule has 0 aliphatic carbocycles. The van der Waals surface area contributed by atoms with Gasteiger partial charge in [-0.3, -0.25) is 5.43 Å². The first-order valence-electron chi connectivity index (χ1n) is 6.92. The number of hydrazone groups is 1. The van der Waals surface area contributed by atoms with Crippen LogP contribution in [0.25, 0.3) is 0 Å². The Morgan fingerprint density at radius 2 is 1.83 bits per heavy atom. The van der Waals surface area contributed by atoms with E-state index in [4.69, 9.17) is 0 Å². The van der Waals surface area contributed by atoms with Gasteiger partial charge in [-0.25, -0.2) is 0 Å². The van der Waals surface area contributed by atoms with Crippen LogP contribution in [0.5, 0.6) is 0 Å². The summed E-state index contributed by atoms with van der Waals surface area (Å²) < 4.78 is 0. The molecule has 0 saturated heterocycles. The second kappa shape index (κ2) is 7.03. The van der Waals surface area contributed by atoms with E-state index in [2.05, 4.69) is 41.4 Å². The summed E-state index contributed by atoms with van der Waals surface area (Å²) in [6, 6.07) is 17.4. The molecule has 3 rings (SSSR count). The highest BCUT2D eigenvalue weighted by Crippen LogP contribution is 2.11. The molecule has 0 saturated carbocycles. The standard InChI is InChI=1S/C15H14N8/c1-11-7-9-13(10-8-11)16-17-14(12-5-3-2-4-6-12)18-19-15-20-22-23-21-15/h2-10,16H,1H3,(H,20,21,22,23). The molecule has 0 unspecified atom stereocenters. The van der Waals surface area contributed by atoms with E-state index in [0.29, 0.717) is 5.84 Å². The van der Waals surface area contributed by atoms with Gasteiger partial charge in [0.1, 0.15) is 0 Å². The Hall–Kier alpha value is -3.42. The number of nitrogens with one attached hydrogen (secondary N) is 2. The van der Waals surface area contributed by atoms with E-state index in [1.165, 1.54) is 5.56 Å². The molecule has 0 atom stereocenters. The maximum Gasteiger partial charge on any atom is 0.307 e. The zero-order valence-electron chi connectivity index (χ0n) is 12.4. The molecule has 0 amide bonds. The van der Waals surface area contributed by atoms with Gasteiger partial charge in [0, 0.05) is 5.56 Å². The number of H-pyrrole nitrogens is 1. The molecule has 0 radical (unpaired) electrons. The van der Waals surface area contributed by atoms with E-state index >= 15 is 0 Å². The minimum atomic E-state index is 0.143. The quantitative estimate of drug-likeness (QED) is 0.334. The van der Waals surface area contributed by atoms with Crippen molar-refractivity contribution in [3.63, 3.8) is 0 Å². The van der Waals surface area contributed by atoms with Crippen molar-refractivity contribution in [3.05, 3.63) is 65.7 Å². The molecule has 0 aliphatic rings. The lowest BCUT2D eigenvalue weighted by Crippen LogP contribution is -2.01. The lowest BCUT2D eigenvalue weighted by molar-refractivity contribution is 0.881. The van der Waals surface area contributed by atoms with Crippen molar-refractivity contribution in [2.24, 2.45) is 15.3 Å². The molecule has 8 heteroatoms.